The van der Waals surface area contributed by atoms with Crippen LogP contribution in [-0.4, -0.2) is 33.7 Å². The number of carbonyl (C=O) groups excluding carboxylic acids is 1. The minimum atomic E-state index is -0.194. The number of amides is 1. The highest BCUT2D eigenvalue weighted by Gasteiger charge is 2.15. The van der Waals surface area contributed by atoms with Gasteiger partial charge >= 0.3 is 0 Å². The number of thiazole rings is 1. The van der Waals surface area contributed by atoms with Crippen molar-refractivity contribution in [3.63, 3.8) is 0 Å². The Morgan fingerprint density at radius 2 is 2.22 bits per heavy atom. The predicted molar refractivity (Wildman–Crippen MR) is 92.8 cm³/mol. The number of para-hydroxylation sites is 1. The summed E-state index contributed by atoms with van der Waals surface area (Å²) in [6.07, 6.45) is 0.548. The zero-order valence-corrected chi connectivity index (χ0v) is 13.8. The van der Waals surface area contributed by atoms with Gasteiger partial charge in [0.2, 0.25) is 0 Å². The molecule has 1 aromatic carbocycles. The van der Waals surface area contributed by atoms with Crippen molar-refractivity contribution in [3.05, 3.63) is 41.4 Å². The van der Waals surface area contributed by atoms with Gasteiger partial charge in [0, 0.05) is 36.0 Å². The van der Waals surface area contributed by atoms with Crippen molar-refractivity contribution in [1.82, 2.24) is 14.9 Å². The topological polar surface area (TPSA) is 67.2 Å². The molecule has 0 atom stereocenters. The highest BCUT2D eigenvalue weighted by molar-refractivity contribution is 7.13. The first-order valence-corrected chi connectivity index (χ1v) is 8.55. The normalized spacial score (nSPS) is 11.0. The molecule has 0 unspecified atom stereocenters. The van der Waals surface area contributed by atoms with Gasteiger partial charge in [-0.25, -0.2) is 4.98 Å². The largest absolute Gasteiger partial charge is 0.396 e. The fourth-order valence-electron chi connectivity index (χ4n) is 2.60. The molecule has 0 fully saturated rings. The molecule has 2 N–H and O–H groups in total. The van der Waals surface area contributed by atoms with Crippen LogP contribution in [0, 0.1) is 0 Å². The molecule has 0 aliphatic carbocycles. The van der Waals surface area contributed by atoms with Crippen LogP contribution in [-0.2, 0) is 6.54 Å². The number of benzene rings is 1. The molecule has 6 heteroatoms. The summed E-state index contributed by atoms with van der Waals surface area (Å²) in [5.74, 6) is -0.194. The summed E-state index contributed by atoms with van der Waals surface area (Å²) in [7, 11) is 0. The second kappa shape index (κ2) is 6.93. The lowest BCUT2D eigenvalue weighted by Crippen LogP contribution is -2.25. The Balaban J connectivity index is 1.90. The van der Waals surface area contributed by atoms with Crippen LogP contribution in [0.4, 0.5) is 0 Å². The molecule has 23 heavy (non-hydrogen) atoms. The summed E-state index contributed by atoms with van der Waals surface area (Å²) < 4.78 is 2.21. The Bertz CT molecular complexity index is 822. The molecule has 3 aromatic rings. The number of hydrogen-bond acceptors (Lipinski definition) is 4. The molecule has 2 aromatic heterocycles. The highest BCUT2D eigenvalue weighted by Crippen LogP contribution is 2.30. The summed E-state index contributed by atoms with van der Waals surface area (Å²) in [5, 5.41) is 15.3. The molecule has 0 saturated carbocycles. The Hall–Kier alpha value is -2.18. The Morgan fingerprint density at radius 1 is 1.39 bits per heavy atom. The smallest absolute Gasteiger partial charge is 0.270 e. The number of nitrogens with one attached hydrogen (secondary N) is 1. The number of carbonyl (C=O) groups is 1. The molecule has 5 nitrogen and oxygen atoms in total. The van der Waals surface area contributed by atoms with E-state index in [0.717, 1.165) is 17.2 Å². The summed E-state index contributed by atoms with van der Waals surface area (Å²) >= 11 is 1.47. The third kappa shape index (κ3) is 3.13. The first-order chi connectivity index (χ1) is 11.2. The van der Waals surface area contributed by atoms with Gasteiger partial charge in [-0.1, -0.05) is 18.2 Å². The monoisotopic (exact) mass is 329 g/mol. The second-order valence-corrected chi connectivity index (χ2v) is 6.06. The lowest BCUT2D eigenvalue weighted by molar-refractivity contribution is 0.0947. The fraction of sp³-hybridized carbons (Fsp3) is 0.294. The molecule has 0 aliphatic heterocycles. The van der Waals surface area contributed by atoms with E-state index in [-0.39, 0.29) is 12.5 Å². The Morgan fingerprint density at radius 3 is 3.00 bits per heavy atom. The van der Waals surface area contributed by atoms with E-state index >= 15 is 0 Å². The first kappa shape index (κ1) is 15.7. The molecule has 2 heterocycles. The van der Waals surface area contributed by atoms with Crippen molar-refractivity contribution < 1.29 is 9.90 Å². The van der Waals surface area contributed by atoms with Crippen molar-refractivity contribution in [3.8, 4) is 10.7 Å². The van der Waals surface area contributed by atoms with Gasteiger partial charge < -0.3 is 15.0 Å². The number of hydrogen-bond donors (Lipinski definition) is 2. The molecule has 0 aliphatic rings. The van der Waals surface area contributed by atoms with E-state index in [0.29, 0.717) is 18.7 Å². The third-order valence-corrected chi connectivity index (χ3v) is 4.57. The molecule has 120 valence electrons. The number of aryl methyl sites for hydroxylation is 1. The van der Waals surface area contributed by atoms with Crippen LogP contribution in [0.3, 0.4) is 0 Å². The zero-order valence-electron chi connectivity index (χ0n) is 13.0. The maximum atomic E-state index is 12.0. The number of aliphatic hydroxyl groups excluding tert-OH is 1. The van der Waals surface area contributed by atoms with Crippen LogP contribution in [0.2, 0.25) is 0 Å². The minimum Gasteiger partial charge on any atom is -0.396 e. The van der Waals surface area contributed by atoms with Crippen LogP contribution >= 0.6 is 11.3 Å². The van der Waals surface area contributed by atoms with Gasteiger partial charge in [0.1, 0.15) is 10.7 Å². The lowest BCUT2D eigenvalue weighted by atomic mass is 10.2. The van der Waals surface area contributed by atoms with Crippen LogP contribution in [0.1, 0.15) is 23.8 Å². The van der Waals surface area contributed by atoms with Crippen LogP contribution in [0.15, 0.2) is 35.7 Å². The van der Waals surface area contributed by atoms with E-state index in [1.54, 1.807) is 5.38 Å². The van der Waals surface area contributed by atoms with Crippen molar-refractivity contribution in [2.45, 2.75) is 19.9 Å². The van der Waals surface area contributed by atoms with Gasteiger partial charge in [0.15, 0.2) is 0 Å². The average Bonchev–Trinajstić information content (AvgIpc) is 3.19. The average molecular weight is 329 g/mol. The number of fused-ring (bicyclic) bond motifs is 1. The Labute approximate surface area is 138 Å². The van der Waals surface area contributed by atoms with E-state index in [2.05, 4.69) is 40.0 Å². The van der Waals surface area contributed by atoms with Gasteiger partial charge in [-0.15, -0.1) is 11.3 Å². The van der Waals surface area contributed by atoms with Crippen LogP contribution in [0.25, 0.3) is 21.6 Å². The van der Waals surface area contributed by atoms with Gasteiger partial charge in [0.25, 0.3) is 5.91 Å². The quantitative estimate of drug-likeness (QED) is 0.683. The summed E-state index contributed by atoms with van der Waals surface area (Å²) in [6, 6.07) is 10.3. The molecule has 0 saturated heterocycles. The standard InChI is InChI=1S/C17H19N3O2S/c1-2-20-14-7-4-3-6-12(14)10-15(20)17-19-13(11-23-17)16(22)18-8-5-9-21/h3-4,6-7,10-11,21H,2,5,8-9H2,1H3,(H,18,22). The lowest BCUT2D eigenvalue weighted by Gasteiger charge is -2.05. The number of nitrogens with zero attached hydrogens (tertiary/aromatic N) is 2. The third-order valence-electron chi connectivity index (χ3n) is 3.70. The summed E-state index contributed by atoms with van der Waals surface area (Å²) in [4.78, 5) is 16.5. The van der Waals surface area contributed by atoms with Gasteiger partial charge in [-0.3, -0.25) is 4.79 Å². The van der Waals surface area contributed by atoms with Crippen molar-refractivity contribution in [2.24, 2.45) is 0 Å². The van der Waals surface area contributed by atoms with E-state index in [4.69, 9.17) is 5.11 Å². The molecule has 1 amide bonds. The Kier molecular flexibility index (Phi) is 4.73. The first-order valence-electron chi connectivity index (χ1n) is 7.67. The van der Waals surface area contributed by atoms with E-state index in [1.807, 2.05) is 12.1 Å². The van der Waals surface area contributed by atoms with Crippen molar-refractivity contribution in [2.75, 3.05) is 13.2 Å². The molecule has 0 radical (unpaired) electrons. The van der Waals surface area contributed by atoms with Crippen molar-refractivity contribution >= 4 is 28.1 Å². The molecular weight excluding hydrogens is 310 g/mol. The van der Waals surface area contributed by atoms with Crippen molar-refractivity contribution in [1.29, 1.82) is 0 Å². The summed E-state index contributed by atoms with van der Waals surface area (Å²) in [5.41, 5.74) is 2.64. The van der Waals surface area contributed by atoms with E-state index in [9.17, 15) is 4.79 Å². The SMILES string of the molecule is CCn1c(-c2nc(C(=O)NCCCO)cs2)cc2ccccc21. The van der Waals surface area contributed by atoms with Gasteiger partial charge in [0.05, 0.1) is 5.69 Å². The van der Waals surface area contributed by atoms with Gasteiger partial charge in [-0.05, 0) is 25.5 Å². The van der Waals surface area contributed by atoms with Crippen LogP contribution in [0.5, 0.6) is 0 Å². The number of rotatable bonds is 6. The fourth-order valence-corrected chi connectivity index (χ4v) is 3.42. The van der Waals surface area contributed by atoms with E-state index < -0.39 is 0 Å². The highest BCUT2D eigenvalue weighted by atomic mass is 32.1. The molecular formula is C17H19N3O2S. The maximum absolute atomic E-state index is 12.0. The summed E-state index contributed by atoms with van der Waals surface area (Å²) in [6.45, 7) is 3.48. The number of aromatic nitrogens is 2. The molecule has 3 rings (SSSR count). The van der Waals surface area contributed by atoms with Gasteiger partial charge in [-0.2, -0.15) is 0 Å². The zero-order chi connectivity index (χ0) is 16.2. The second-order valence-electron chi connectivity index (χ2n) is 5.20. The molecule has 0 bridgehead atoms. The van der Waals surface area contributed by atoms with Crippen LogP contribution < -0.4 is 5.32 Å². The maximum Gasteiger partial charge on any atom is 0.270 e. The minimum absolute atomic E-state index is 0.0687. The number of aliphatic hydroxyl groups is 1. The van der Waals surface area contributed by atoms with E-state index in [1.165, 1.54) is 22.2 Å². The molecule has 0 spiro atoms. The predicted octanol–water partition coefficient (Wildman–Crippen LogP) is 2.90.